The van der Waals surface area contributed by atoms with Gasteiger partial charge in [-0.15, -0.1) is 0 Å². The Labute approximate surface area is 323 Å². The molecule has 0 spiro atoms. The van der Waals surface area contributed by atoms with Gasteiger partial charge in [0.1, 0.15) is 23.0 Å². The summed E-state index contributed by atoms with van der Waals surface area (Å²) >= 11 is 0. The quantitative estimate of drug-likeness (QED) is 0.165. The Kier molecular flexibility index (Phi) is 7.04. The molecule has 1 aliphatic heterocycles. The average molecular weight is 727 g/mol. The summed E-state index contributed by atoms with van der Waals surface area (Å²) in [5.41, 5.74) is 10.5. The van der Waals surface area contributed by atoms with E-state index in [4.69, 9.17) is 24.1 Å². The number of anilines is 3. The molecule has 268 valence electrons. The first-order valence-electron chi connectivity index (χ1n) is 18.9. The van der Waals surface area contributed by atoms with Crippen LogP contribution in [0.1, 0.15) is 26.3 Å². The number of fused-ring (bicyclic) bond motifs is 9. The number of para-hydroxylation sites is 6. The predicted octanol–water partition coefficient (Wildman–Crippen LogP) is 9.36. The standard InChI is InChI=1S/C47H35BN6O2/c1-47(2,3)34-26-27-41(54-39-24-14-13-23-38(39)53-37-22-12-11-21-36(37)50-46(53)54)51-45(34)55-32-28-35-44(49-29-32)52(31-18-8-5-9-19-31)42-33-20-10-15-25-40(33)56-43(42)48(35)30-16-6-4-7-17-30/h4-29H,1-3H3. The lowest BCUT2D eigenvalue weighted by Crippen LogP contribution is -2.57. The number of aromatic nitrogens is 5. The number of pyridine rings is 2. The van der Waals surface area contributed by atoms with Gasteiger partial charge in [-0.3, -0.25) is 13.9 Å². The zero-order valence-corrected chi connectivity index (χ0v) is 31.1. The molecule has 56 heavy (non-hydrogen) atoms. The van der Waals surface area contributed by atoms with Crippen LogP contribution in [-0.4, -0.2) is 30.6 Å². The third-order valence-electron chi connectivity index (χ3n) is 10.8. The van der Waals surface area contributed by atoms with E-state index in [1.807, 2.05) is 48.7 Å². The van der Waals surface area contributed by atoms with Gasteiger partial charge in [0.25, 0.3) is 6.71 Å². The van der Waals surface area contributed by atoms with Gasteiger partial charge in [0, 0.05) is 16.6 Å². The minimum absolute atomic E-state index is 0.236. The molecule has 8 nitrogen and oxygen atoms in total. The Morgan fingerprint density at radius 1 is 0.679 bits per heavy atom. The van der Waals surface area contributed by atoms with Gasteiger partial charge in [-0.25, -0.2) is 9.97 Å². The van der Waals surface area contributed by atoms with Crippen molar-refractivity contribution in [1.82, 2.24) is 23.9 Å². The van der Waals surface area contributed by atoms with Crippen molar-refractivity contribution in [2.24, 2.45) is 0 Å². The largest absolute Gasteiger partial charge is 0.468 e. The van der Waals surface area contributed by atoms with Crippen LogP contribution >= 0.6 is 0 Å². The third-order valence-corrected chi connectivity index (χ3v) is 10.8. The van der Waals surface area contributed by atoms with Crippen molar-refractivity contribution < 1.29 is 9.15 Å². The van der Waals surface area contributed by atoms with Crippen molar-refractivity contribution in [3.63, 3.8) is 0 Å². The van der Waals surface area contributed by atoms with Crippen LogP contribution < -0.4 is 26.2 Å². The van der Waals surface area contributed by atoms with Gasteiger partial charge in [0.2, 0.25) is 11.7 Å². The number of rotatable bonds is 5. The zero-order chi connectivity index (χ0) is 37.5. The van der Waals surface area contributed by atoms with Crippen LogP contribution in [0.3, 0.4) is 0 Å². The fraction of sp³-hybridized carbons (Fsp3) is 0.0851. The van der Waals surface area contributed by atoms with Crippen molar-refractivity contribution in [1.29, 1.82) is 0 Å². The molecule has 10 aromatic rings. The molecule has 0 atom stereocenters. The molecule has 1 aliphatic rings. The smallest absolute Gasteiger partial charge is 0.294 e. The minimum atomic E-state index is -0.265. The number of nitrogens with zero attached hydrogens (tertiary/aromatic N) is 6. The molecule has 0 radical (unpaired) electrons. The molecule has 0 saturated heterocycles. The molecule has 9 heteroatoms. The normalized spacial score (nSPS) is 12.8. The second kappa shape index (κ2) is 12.2. The van der Waals surface area contributed by atoms with Crippen LogP contribution in [0.25, 0.3) is 44.6 Å². The molecular formula is C47H35BN6O2. The number of imidazole rings is 2. The van der Waals surface area contributed by atoms with Gasteiger partial charge < -0.3 is 9.15 Å². The molecule has 0 unspecified atom stereocenters. The molecule has 0 bridgehead atoms. The highest BCUT2D eigenvalue weighted by molar-refractivity contribution is 6.97. The summed E-state index contributed by atoms with van der Waals surface area (Å²) in [6.45, 7) is 6.30. The van der Waals surface area contributed by atoms with Crippen molar-refractivity contribution in [3.05, 3.63) is 163 Å². The van der Waals surface area contributed by atoms with E-state index in [0.717, 1.165) is 78.2 Å². The SMILES string of the molecule is CC(C)(C)c1ccc(-n2c3ccccc3n3c4ccccc4nc23)nc1Oc1cnc2c(c1)B(c1ccccc1)c1oc3ccccc3c1N2c1ccccc1. The lowest BCUT2D eigenvalue weighted by molar-refractivity contribution is 0.435. The second-order valence-electron chi connectivity index (χ2n) is 15.3. The van der Waals surface area contributed by atoms with Gasteiger partial charge in [-0.05, 0) is 77.6 Å². The van der Waals surface area contributed by atoms with Crippen molar-refractivity contribution in [3.8, 4) is 17.4 Å². The second-order valence-corrected chi connectivity index (χ2v) is 15.3. The summed E-state index contributed by atoms with van der Waals surface area (Å²) in [6.07, 6.45) is 1.81. The number of hydrogen-bond donors (Lipinski definition) is 0. The molecule has 6 heterocycles. The van der Waals surface area contributed by atoms with E-state index in [1.165, 1.54) is 0 Å². The first kappa shape index (κ1) is 32.3. The molecule has 5 aromatic heterocycles. The predicted molar refractivity (Wildman–Crippen MR) is 226 cm³/mol. The first-order valence-corrected chi connectivity index (χ1v) is 18.9. The Bertz CT molecular complexity index is 3130. The maximum Gasteiger partial charge on any atom is 0.294 e. The first-order chi connectivity index (χ1) is 27.4. The van der Waals surface area contributed by atoms with Gasteiger partial charge in [0.05, 0.1) is 39.6 Å². The van der Waals surface area contributed by atoms with Crippen LogP contribution in [0.5, 0.6) is 11.6 Å². The van der Waals surface area contributed by atoms with Crippen molar-refractivity contribution in [2.75, 3.05) is 4.90 Å². The fourth-order valence-electron chi connectivity index (χ4n) is 8.33. The van der Waals surface area contributed by atoms with E-state index >= 15 is 0 Å². The van der Waals surface area contributed by atoms with Gasteiger partial charge in [-0.2, -0.15) is 4.98 Å². The Hall–Kier alpha value is -7.13. The summed E-state index contributed by atoms with van der Waals surface area (Å²) in [6, 6.07) is 52.0. The van der Waals surface area contributed by atoms with Gasteiger partial charge >= 0.3 is 0 Å². The summed E-state index contributed by atoms with van der Waals surface area (Å²) < 4.78 is 18.1. The maximum atomic E-state index is 6.93. The number of benzene rings is 5. The fourth-order valence-corrected chi connectivity index (χ4v) is 8.33. The van der Waals surface area contributed by atoms with E-state index in [0.29, 0.717) is 17.4 Å². The number of furan rings is 1. The average Bonchev–Trinajstić information content (AvgIpc) is 3.89. The molecule has 11 rings (SSSR count). The van der Waals surface area contributed by atoms with E-state index in [1.54, 1.807) is 0 Å². The van der Waals surface area contributed by atoms with Gasteiger partial charge in [-0.1, -0.05) is 111 Å². The highest BCUT2D eigenvalue weighted by atomic mass is 16.5. The Morgan fingerprint density at radius 3 is 2.18 bits per heavy atom. The molecule has 0 aliphatic carbocycles. The van der Waals surface area contributed by atoms with Crippen LogP contribution in [0.15, 0.2) is 162 Å². The number of ether oxygens (including phenoxy) is 1. The van der Waals surface area contributed by atoms with E-state index in [-0.39, 0.29) is 12.1 Å². The highest BCUT2D eigenvalue weighted by Gasteiger charge is 2.41. The molecular weight excluding hydrogens is 691 g/mol. The Morgan fingerprint density at radius 2 is 1.38 bits per heavy atom. The topological polar surface area (TPSA) is 73.6 Å². The lowest BCUT2D eigenvalue weighted by atomic mass is 9.37. The molecule has 5 aromatic carbocycles. The summed E-state index contributed by atoms with van der Waals surface area (Å²) in [5.74, 6) is 3.42. The molecule has 0 saturated carbocycles. The highest BCUT2D eigenvalue weighted by Crippen LogP contribution is 2.42. The van der Waals surface area contributed by atoms with Crippen LogP contribution in [-0.2, 0) is 5.41 Å². The van der Waals surface area contributed by atoms with Crippen molar-refractivity contribution in [2.45, 2.75) is 26.2 Å². The lowest BCUT2D eigenvalue weighted by Gasteiger charge is -2.33. The van der Waals surface area contributed by atoms with Crippen LogP contribution in [0.4, 0.5) is 17.2 Å². The molecule has 0 N–H and O–H groups in total. The Balaban J connectivity index is 1.10. The third kappa shape index (κ3) is 4.90. The summed E-state index contributed by atoms with van der Waals surface area (Å²) in [4.78, 5) is 17.8. The minimum Gasteiger partial charge on any atom is -0.468 e. The van der Waals surface area contributed by atoms with Crippen molar-refractivity contribution >= 4 is 79.3 Å². The zero-order valence-electron chi connectivity index (χ0n) is 31.1. The summed E-state index contributed by atoms with van der Waals surface area (Å²) in [5, 5.41) is 1.04. The van der Waals surface area contributed by atoms with E-state index in [9.17, 15) is 0 Å². The van der Waals surface area contributed by atoms with Gasteiger partial charge in [0.15, 0.2) is 0 Å². The molecule has 0 fully saturated rings. The number of hydrogen-bond acceptors (Lipinski definition) is 6. The van der Waals surface area contributed by atoms with E-state index in [2.05, 4.69) is 144 Å². The van der Waals surface area contributed by atoms with Crippen LogP contribution in [0, 0.1) is 0 Å². The maximum absolute atomic E-state index is 6.93. The van der Waals surface area contributed by atoms with Crippen LogP contribution in [0.2, 0.25) is 0 Å². The van der Waals surface area contributed by atoms with E-state index < -0.39 is 0 Å². The molecule has 0 amide bonds. The summed E-state index contributed by atoms with van der Waals surface area (Å²) in [7, 11) is 0. The monoisotopic (exact) mass is 726 g/mol.